The summed E-state index contributed by atoms with van der Waals surface area (Å²) in [5.41, 5.74) is 1.79. The van der Waals surface area contributed by atoms with E-state index >= 15 is 0 Å². The van der Waals surface area contributed by atoms with Crippen molar-refractivity contribution in [1.82, 2.24) is 4.98 Å². The molecule has 6 nitrogen and oxygen atoms in total. The largest absolute Gasteiger partial charge is 0.507 e. The normalized spacial score (nSPS) is 11.4. The van der Waals surface area contributed by atoms with Crippen LogP contribution < -0.4 is 10.2 Å². The minimum absolute atomic E-state index is 0.0933. The molecule has 27 heavy (non-hydrogen) atoms. The molecule has 1 N–H and O–H groups in total. The highest BCUT2D eigenvalue weighted by Gasteiger charge is 2.19. The van der Waals surface area contributed by atoms with Gasteiger partial charge in [-0.1, -0.05) is 12.1 Å². The number of hydrogen-bond acceptors (Lipinski definition) is 6. The summed E-state index contributed by atoms with van der Waals surface area (Å²) in [6.07, 6.45) is 0. The van der Waals surface area contributed by atoms with Gasteiger partial charge in [-0.25, -0.2) is 4.98 Å². The summed E-state index contributed by atoms with van der Waals surface area (Å²) >= 11 is 0. The van der Waals surface area contributed by atoms with Gasteiger partial charge in [0.1, 0.15) is 22.5 Å². The lowest BCUT2D eigenvalue weighted by molar-refractivity contribution is 0.415. The molecule has 0 atom stereocenters. The SMILES string of the molecule is COc1ccc(-c2nc3c(cc(O)c4c(=O)c5ccccc5oc43)o2)cc1. The maximum Gasteiger partial charge on any atom is 0.227 e. The third-order valence-electron chi connectivity index (χ3n) is 4.53. The van der Waals surface area contributed by atoms with Crippen molar-refractivity contribution in [3.05, 3.63) is 64.8 Å². The Morgan fingerprint density at radius 3 is 2.56 bits per heavy atom. The summed E-state index contributed by atoms with van der Waals surface area (Å²) in [7, 11) is 1.59. The van der Waals surface area contributed by atoms with Crippen molar-refractivity contribution >= 4 is 33.0 Å². The minimum atomic E-state index is -0.305. The standard InChI is InChI=1S/C21H13NO5/c1-25-12-8-6-11(7-9-12)21-22-18-16(27-21)10-14(23)17-19(24)13-4-2-3-5-15(13)26-20(17)18/h2-10,23H,1H3. The number of phenolic OH excluding ortho intramolecular Hbond substituents is 1. The molecule has 0 aliphatic rings. The second-order valence-corrected chi connectivity index (χ2v) is 6.12. The second-order valence-electron chi connectivity index (χ2n) is 6.12. The smallest absolute Gasteiger partial charge is 0.227 e. The van der Waals surface area contributed by atoms with Crippen molar-refractivity contribution in [2.75, 3.05) is 7.11 Å². The Bertz CT molecular complexity index is 1380. The molecular weight excluding hydrogens is 346 g/mol. The van der Waals surface area contributed by atoms with E-state index in [9.17, 15) is 9.90 Å². The lowest BCUT2D eigenvalue weighted by Gasteiger charge is -2.03. The Morgan fingerprint density at radius 2 is 1.78 bits per heavy atom. The van der Waals surface area contributed by atoms with E-state index in [1.54, 1.807) is 43.5 Å². The van der Waals surface area contributed by atoms with Gasteiger partial charge in [0.25, 0.3) is 0 Å². The topological polar surface area (TPSA) is 85.7 Å². The molecule has 6 heteroatoms. The van der Waals surface area contributed by atoms with Crippen LogP contribution in [0.5, 0.6) is 11.5 Å². The monoisotopic (exact) mass is 359 g/mol. The van der Waals surface area contributed by atoms with Crippen LogP contribution in [0.3, 0.4) is 0 Å². The molecule has 0 radical (unpaired) electrons. The van der Waals surface area contributed by atoms with Crippen molar-refractivity contribution in [1.29, 1.82) is 0 Å². The van der Waals surface area contributed by atoms with E-state index in [4.69, 9.17) is 13.6 Å². The average molecular weight is 359 g/mol. The number of benzene rings is 3. The maximum atomic E-state index is 12.8. The zero-order valence-electron chi connectivity index (χ0n) is 14.2. The van der Waals surface area contributed by atoms with Gasteiger partial charge in [-0.3, -0.25) is 4.79 Å². The number of para-hydroxylation sites is 1. The Balaban J connectivity index is 1.84. The number of ether oxygens (including phenoxy) is 1. The molecule has 0 unspecified atom stereocenters. The van der Waals surface area contributed by atoms with E-state index in [1.807, 2.05) is 12.1 Å². The zero-order chi connectivity index (χ0) is 18.5. The Kier molecular flexibility index (Phi) is 3.21. The van der Waals surface area contributed by atoms with Crippen LogP contribution in [-0.2, 0) is 0 Å². The second kappa shape index (κ2) is 5.60. The van der Waals surface area contributed by atoms with Crippen LogP contribution in [0.15, 0.2) is 68.2 Å². The van der Waals surface area contributed by atoms with E-state index < -0.39 is 0 Å². The van der Waals surface area contributed by atoms with Gasteiger partial charge >= 0.3 is 0 Å². The Hall–Kier alpha value is -3.80. The van der Waals surface area contributed by atoms with Crippen LogP contribution in [-0.4, -0.2) is 17.2 Å². The van der Waals surface area contributed by atoms with Gasteiger partial charge < -0.3 is 18.7 Å². The Labute approximate surface area is 152 Å². The molecule has 5 rings (SSSR count). The van der Waals surface area contributed by atoms with E-state index in [2.05, 4.69) is 4.98 Å². The summed E-state index contributed by atoms with van der Waals surface area (Å²) < 4.78 is 16.9. The predicted octanol–water partition coefficient (Wildman–Crippen LogP) is 4.47. The number of methoxy groups -OCH3 is 1. The van der Waals surface area contributed by atoms with Crippen molar-refractivity contribution in [3.63, 3.8) is 0 Å². The van der Waals surface area contributed by atoms with Crippen molar-refractivity contribution in [2.24, 2.45) is 0 Å². The summed E-state index contributed by atoms with van der Waals surface area (Å²) in [5.74, 6) is 0.875. The number of rotatable bonds is 2. The predicted molar refractivity (Wildman–Crippen MR) is 101 cm³/mol. The van der Waals surface area contributed by atoms with E-state index in [-0.39, 0.29) is 22.1 Å². The molecule has 2 aromatic heterocycles. The maximum absolute atomic E-state index is 12.8. The number of aromatic hydroxyl groups is 1. The molecule has 0 aliphatic heterocycles. The fraction of sp³-hybridized carbons (Fsp3) is 0.0476. The van der Waals surface area contributed by atoms with Crippen molar-refractivity contribution < 1.29 is 18.7 Å². The highest BCUT2D eigenvalue weighted by Crippen LogP contribution is 2.35. The summed E-state index contributed by atoms with van der Waals surface area (Å²) in [6, 6.07) is 15.5. The average Bonchev–Trinajstić information content (AvgIpc) is 3.12. The summed E-state index contributed by atoms with van der Waals surface area (Å²) in [5, 5.41) is 10.9. The molecule has 0 saturated heterocycles. The van der Waals surface area contributed by atoms with Gasteiger partial charge in [-0.15, -0.1) is 0 Å². The first-order valence-corrected chi connectivity index (χ1v) is 8.28. The number of aromatic nitrogens is 1. The third kappa shape index (κ3) is 2.27. The molecule has 0 spiro atoms. The van der Waals surface area contributed by atoms with Crippen LogP contribution in [0.1, 0.15) is 0 Å². The van der Waals surface area contributed by atoms with E-state index in [0.717, 1.165) is 11.3 Å². The summed E-state index contributed by atoms with van der Waals surface area (Å²) in [4.78, 5) is 17.3. The fourth-order valence-electron chi connectivity index (χ4n) is 3.19. The molecule has 0 amide bonds. The van der Waals surface area contributed by atoms with Crippen LogP contribution in [0.2, 0.25) is 0 Å². The number of nitrogens with zero attached hydrogens (tertiary/aromatic N) is 1. The van der Waals surface area contributed by atoms with Crippen molar-refractivity contribution in [3.8, 4) is 23.0 Å². The number of hydrogen-bond donors (Lipinski definition) is 1. The van der Waals surface area contributed by atoms with E-state index in [1.165, 1.54) is 6.07 Å². The molecule has 2 heterocycles. The van der Waals surface area contributed by atoms with Gasteiger partial charge in [-0.2, -0.15) is 0 Å². The highest BCUT2D eigenvalue weighted by atomic mass is 16.5. The van der Waals surface area contributed by atoms with Gasteiger partial charge in [0, 0.05) is 11.6 Å². The number of oxazole rings is 1. The molecule has 3 aromatic carbocycles. The molecule has 0 saturated carbocycles. The first kappa shape index (κ1) is 15.5. The van der Waals surface area contributed by atoms with Crippen molar-refractivity contribution in [2.45, 2.75) is 0 Å². The van der Waals surface area contributed by atoms with Gasteiger partial charge in [0.05, 0.1) is 12.5 Å². The van der Waals surface area contributed by atoms with Crippen LogP contribution in [0.25, 0.3) is 44.5 Å². The number of phenols is 1. The van der Waals surface area contributed by atoms with E-state index in [0.29, 0.717) is 28.0 Å². The molecule has 5 aromatic rings. The molecule has 0 aliphatic carbocycles. The van der Waals surface area contributed by atoms with Gasteiger partial charge in [0.2, 0.25) is 11.3 Å². The molecule has 0 fully saturated rings. The highest BCUT2D eigenvalue weighted by molar-refractivity contribution is 6.06. The fourth-order valence-corrected chi connectivity index (χ4v) is 3.19. The summed E-state index contributed by atoms with van der Waals surface area (Å²) in [6.45, 7) is 0. The van der Waals surface area contributed by atoms with Gasteiger partial charge in [0.15, 0.2) is 16.7 Å². The first-order chi connectivity index (χ1) is 13.2. The third-order valence-corrected chi connectivity index (χ3v) is 4.53. The molecular formula is C21H13NO5. The molecule has 0 bridgehead atoms. The Morgan fingerprint density at radius 1 is 1.00 bits per heavy atom. The van der Waals surface area contributed by atoms with Crippen LogP contribution >= 0.6 is 0 Å². The van der Waals surface area contributed by atoms with Crippen LogP contribution in [0.4, 0.5) is 0 Å². The zero-order valence-corrected chi connectivity index (χ0v) is 14.2. The molecule has 132 valence electrons. The quantitative estimate of drug-likeness (QED) is 0.468. The van der Waals surface area contributed by atoms with Gasteiger partial charge in [-0.05, 0) is 36.4 Å². The number of fused-ring (bicyclic) bond motifs is 4. The lowest BCUT2D eigenvalue weighted by Crippen LogP contribution is -2.02. The lowest BCUT2D eigenvalue weighted by atomic mass is 10.1. The first-order valence-electron chi connectivity index (χ1n) is 8.28. The van der Waals surface area contributed by atoms with Crippen LogP contribution in [0, 0.1) is 0 Å². The minimum Gasteiger partial charge on any atom is -0.507 e.